The standard InChI is InChI=1S/C22H29NO5.C21H27NO5/c1-22(2,3)28-21(25)23-10-8-14(9-11-23)16-7-6-15(12-19(16)26-4)17-13-18(17)20(24)27-5;1-21(2,3)27-20(25)22-9-7-13(8-10-22)15-6-5-14(11-18(15)26-4)16-12-17(16)19(23)24/h6-8,12,17-18H,9-11,13H2,1-5H3;5-7,11,16-17H,8-10,12H2,1-4H3,(H,23,24). The van der Waals surface area contributed by atoms with Crippen molar-refractivity contribution >= 4 is 35.3 Å². The number of aliphatic carboxylic acids is 1. The molecule has 2 fully saturated rings. The first-order valence-corrected chi connectivity index (χ1v) is 18.9. The molecule has 0 bridgehead atoms. The predicted octanol–water partition coefficient (Wildman–Crippen LogP) is 7.90. The molecule has 2 saturated carbocycles. The molecule has 4 unspecified atom stereocenters. The van der Waals surface area contributed by atoms with Gasteiger partial charge in [-0.25, -0.2) is 9.59 Å². The molecule has 2 aromatic carbocycles. The molecule has 2 aliphatic carbocycles. The maximum Gasteiger partial charge on any atom is 0.410 e. The van der Waals surface area contributed by atoms with Gasteiger partial charge in [0.1, 0.15) is 22.7 Å². The summed E-state index contributed by atoms with van der Waals surface area (Å²) in [6.07, 6.45) is 6.47. The van der Waals surface area contributed by atoms with Crippen molar-refractivity contribution in [3.05, 3.63) is 70.8 Å². The summed E-state index contributed by atoms with van der Waals surface area (Å²) in [5.41, 5.74) is 5.43. The first-order chi connectivity index (χ1) is 25.9. The van der Waals surface area contributed by atoms with Crippen molar-refractivity contribution in [2.45, 2.75) is 90.3 Å². The van der Waals surface area contributed by atoms with Crippen molar-refractivity contribution in [3.8, 4) is 11.5 Å². The number of hydrogen-bond acceptors (Lipinski definition) is 9. The summed E-state index contributed by atoms with van der Waals surface area (Å²) in [5.74, 6) is 0.622. The van der Waals surface area contributed by atoms with Gasteiger partial charge in [0.2, 0.25) is 0 Å². The maximum atomic E-state index is 12.2. The van der Waals surface area contributed by atoms with E-state index in [1.165, 1.54) is 7.11 Å². The number of rotatable bonds is 8. The topological polar surface area (TPSA) is 141 Å². The fourth-order valence-electron chi connectivity index (χ4n) is 7.03. The normalized spacial score (nSPS) is 21.8. The van der Waals surface area contributed by atoms with Crippen LogP contribution < -0.4 is 9.47 Å². The van der Waals surface area contributed by atoms with Crippen molar-refractivity contribution < 1.29 is 48.0 Å². The van der Waals surface area contributed by atoms with Crippen molar-refractivity contribution in [1.29, 1.82) is 0 Å². The fourth-order valence-corrected chi connectivity index (χ4v) is 7.03. The third-order valence-electron chi connectivity index (χ3n) is 10.1. The van der Waals surface area contributed by atoms with E-state index >= 15 is 0 Å². The zero-order valence-electron chi connectivity index (χ0n) is 33.6. The van der Waals surface area contributed by atoms with Crippen LogP contribution in [0.2, 0.25) is 0 Å². The molecule has 6 rings (SSSR count). The number of esters is 1. The molecule has 2 heterocycles. The summed E-state index contributed by atoms with van der Waals surface area (Å²) in [7, 11) is 4.71. The predicted molar refractivity (Wildman–Crippen MR) is 208 cm³/mol. The third kappa shape index (κ3) is 10.6. The minimum absolute atomic E-state index is 0.0446. The Morgan fingerprint density at radius 1 is 0.655 bits per heavy atom. The number of methoxy groups -OCH3 is 3. The van der Waals surface area contributed by atoms with E-state index in [1.807, 2.05) is 71.9 Å². The second-order valence-corrected chi connectivity index (χ2v) is 16.5. The fraction of sp³-hybridized carbons (Fsp3) is 0.535. The van der Waals surface area contributed by atoms with Crippen LogP contribution in [0.15, 0.2) is 48.6 Å². The van der Waals surface area contributed by atoms with Gasteiger partial charge in [0, 0.05) is 37.3 Å². The summed E-state index contributed by atoms with van der Waals surface area (Å²) in [6, 6.07) is 12.1. The van der Waals surface area contributed by atoms with Gasteiger partial charge in [-0.3, -0.25) is 9.59 Å². The smallest absolute Gasteiger partial charge is 0.410 e. The number of benzene rings is 2. The number of carbonyl (C=O) groups excluding carboxylic acids is 3. The molecule has 2 amide bonds. The minimum atomic E-state index is -0.736. The number of nitrogens with zero attached hydrogens (tertiary/aromatic N) is 2. The van der Waals surface area contributed by atoms with Crippen molar-refractivity contribution in [2.75, 3.05) is 47.5 Å². The van der Waals surface area contributed by atoms with Gasteiger partial charge in [-0.2, -0.15) is 0 Å². The molecule has 0 saturated heterocycles. The van der Waals surface area contributed by atoms with E-state index in [1.54, 1.807) is 24.0 Å². The van der Waals surface area contributed by atoms with Gasteiger partial charge in [-0.05, 0) is 113 Å². The van der Waals surface area contributed by atoms with Crippen LogP contribution in [-0.2, 0) is 23.8 Å². The van der Waals surface area contributed by atoms with Gasteiger partial charge in [-0.1, -0.05) is 36.4 Å². The average molecular weight is 761 g/mol. The van der Waals surface area contributed by atoms with Gasteiger partial charge < -0.3 is 38.6 Å². The number of carboxylic acids is 1. The van der Waals surface area contributed by atoms with Gasteiger partial charge in [0.15, 0.2) is 0 Å². The van der Waals surface area contributed by atoms with E-state index in [4.69, 9.17) is 28.8 Å². The molecule has 12 heteroatoms. The Labute approximate surface area is 324 Å². The molecule has 1 N–H and O–H groups in total. The lowest BCUT2D eigenvalue weighted by atomic mass is 9.96. The van der Waals surface area contributed by atoms with Crippen LogP contribution in [0, 0.1) is 11.8 Å². The van der Waals surface area contributed by atoms with Gasteiger partial charge in [0.25, 0.3) is 0 Å². The highest BCUT2D eigenvalue weighted by Gasteiger charge is 2.45. The van der Waals surface area contributed by atoms with Gasteiger partial charge >= 0.3 is 24.1 Å². The average Bonchev–Trinajstić information content (AvgIpc) is 4.08. The summed E-state index contributed by atoms with van der Waals surface area (Å²) in [4.78, 5) is 50.6. The van der Waals surface area contributed by atoms with Crippen LogP contribution in [0.1, 0.15) is 101 Å². The van der Waals surface area contributed by atoms with Crippen LogP contribution in [-0.4, -0.2) is 97.7 Å². The van der Waals surface area contributed by atoms with Crippen molar-refractivity contribution in [1.82, 2.24) is 9.80 Å². The van der Waals surface area contributed by atoms with Crippen molar-refractivity contribution in [2.24, 2.45) is 11.8 Å². The third-order valence-corrected chi connectivity index (χ3v) is 10.1. The summed E-state index contributed by atoms with van der Waals surface area (Å²) >= 11 is 0. The molecule has 0 spiro atoms. The second kappa shape index (κ2) is 16.8. The zero-order valence-corrected chi connectivity index (χ0v) is 33.6. The van der Waals surface area contributed by atoms with Gasteiger partial charge in [-0.15, -0.1) is 0 Å². The summed E-state index contributed by atoms with van der Waals surface area (Å²) in [5, 5.41) is 9.13. The Morgan fingerprint density at radius 2 is 1.07 bits per heavy atom. The highest BCUT2D eigenvalue weighted by Crippen LogP contribution is 2.50. The van der Waals surface area contributed by atoms with E-state index in [9.17, 15) is 19.2 Å². The van der Waals surface area contributed by atoms with E-state index < -0.39 is 17.2 Å². The van der Waals surface area contributed by atoms with Crippen LogP contribution in [0.5, 0.6) is 11.5 Å². The molecule has 298 valence electrons. The second-order valence-electron chi connectivity index (χ2n) is 16.5. The molecule has 55 heavy (non-hydrogen) atoms. The Balaban J connectivity index is 0.000000211. The highest BCUT2D eigenvalue weighted by molar-refractivity contribution is 5.79. The lowest BCUT2D eigenvalue weighted by molar-refractivity contribution is -0.142. The van der Waals surface area contributed by atoms with E-state index in [-0.39, 0.29) is 41.8 Å². The molecule has 4 aliphatic rings. The minimum Gasteiger partial charge on any atom is -0.496 e. The quantitative estimate of drug-likeness (QED) is 0.209. The number of hydrogen-bond donors (Lipinski definition) is 1. The van der Waals surface area contributed by atoms with Crippen LogP contribution in [0.4, 0.5) is 9.59 Å². The lowest BCUT2D eigenvalue weighted by Gasteiger charge is -2.30. The Hall–Kier alpha value is -5.00. The number of carbonyl (C=O) groups is 4. The van der Waals surface area contributed by atoms with Gasteiger partial charge in [0.05, 0.1) is 33.2 Å². The monoisotopic (exact) mass is 760 g/mol. The lowest BCUT2D eigenvalue weighted by Crippen LogP contribution is -2.39. The number of ether oxygens (including phenoxy) is 5. The SMILES string of the molecule is COC(=O)C1CC1c1ccc(C2=CCN(C(=O)OC(C)(C)C)CC2)c(OC)c1.COc1cc(C2CC2C(=O)O)ccc1C1=CCN(C(=O)OC(C)(C)C)CC1. The van der Waals surface area contributed by atoms with Crippen molar-refractivity contribution in [3.63, 3.8) is 0 Å². The van der Waals surface area contributed by atoms with E-state index in [2.05, 4.69) is 18.2 Å². The molecular formula is C43H56N2O10. The molecule has 0 radical (unpaired) electrons. The number of carboxylic acid groups (broad SMARTS) is 1. The zero-order chi connectivity index (χ0) is 40.2. The molecule has 12 nitrogen and oxygen atoms in total. The van der Waals surface area contributed by atoms with Crippen LogP contribution in [0.25, 0.3) is 11.1 Å². The Morgan fingerprint density at radius 3 is 1.40 bits per heavy atom. The van der Waals surface area contributed by atoms with E-state index in [0.717, 1.165) is 64.2 Å². The first-order valence-electron chi connectivity index (χ1n) is 18.9. The Bertz CT molecular complexity index is 1830. The Kier molecular flexibility index (Phi) is 12.6. The molecule has 2 aliphatic heterocycles. The van der Waals surface area contributed by atoms with Crippen LogP contribution >= 0.6 is 0 Å². The summed E-state index contributed by atoms with van der Waals surface area (Å²) in [6.45, 7) is 13.4. The van der Waals surface area contributed by atoms with E-state index in [0.29, 0.717) is 32.6 Å². The molecule has 0 aromatic heterocycles. The molecule has 4 atom stereocenters. The maximum absolute atomic E-state index is 12.2. The number of amides is 2. The van der Waals surface area contributed by atoms with Crippen LogP contribution in [0.3, 0.4) is 0 Å². The first kappa shape index (κ1) is 41.2. The largest absolute Gasteiger partial charge is 0.496 e. The highest BCUT2D eigenvalue weighted by atomic mass is 16.6. The summed E-state index contributed by atoms with van der Waals surface area (Å²) < 4.78 is 26.9. The molecular weight excluding hydrogens is 704 g/mol. The molecule has 2 aromatic rings.